The van der Waals surface area contributed by atoms with E-state index >= 15 is 0 Å². The topological polar surface area (TPSA) is 12.0 Å². The van der Waals surface area contributed by atoms with Crippen molar-refractivity contribution in [2.24, 2.45) is 0 Å². The molecule has 0 amide bonds. The van der Waals surface area contributed by atoms with E-state index in [1.54, 1.807) is 0 Å². The quantitative estimate of drug-likeness (QED) is 0.745. The van der Waals surface area contributed by atoms with Gasteiger partial charge in [0.1, 0.15) is 0 Å². The maximum absolute atomic E-state index is 3.62. The van der Waals surface area contributed by atoms with Crippen LogP contribution >= 0.6 is 0 Å². The highest BCUT2D eigenvalue weighted by Crippen LogP contribution is 2.26. The van der Waals surface area contributed by atoms with Gasteiger partial charge in [-0.1, -0.05) is 61.9 Å². The van der Waals surface area contributed by atoms with Crippen molar-refractivity contribution in [2.75, 3.05) is 6.54 Å². The monoisotopic (exact) mass is 281 g/mol. The summed E-state index contributed by atoms with van der Waals surface area (Å²) in [6.45, 7) is 9.87. The Labute approximate surface area is 129 Å². The van der Waals surface area contributed by atoms with Crippen molar-refractivity contribution < 1.29 is 0 Å². The Morgan fingerprint density at radius 1 is 0.952 bits per heavy atom. The average Bonchev–Trinajstić information content (AvgIpc) is 2.51. The van der Waals surface area contributed by atoms with E-state index < -0.39 is 0 Å². The second-order valence-corrected chi connectivity index (χ2v) is 5.86. The van der Waals surface area contributed by atoms with E-state index in [0.717, 1.165) is 13.0 Å². The van der Waals surface area contributed by atoms with Gasteiger partial charge in [-0.05, 0) is 55.5 Å². The van der Waals surface area contributed by atoms with Crippen molar-refractivity contribution in [1.82, 2.24) is 5.32 Å². The molecule has 21 heavy (non-hydrogen) atoms. The number of rotatable bonds is 6. The van der Waals surface area contributed by atoms with Gasteiger partial charge in [-0.2, -0.15) is 0 Å². The van der Waals surface area contributed by atoms with E-state index in [-0.39, 0.29) is 0 Å². The zero-order chi connectivity index (χ0) is 15.2. The van der Waals surface area contributed by atoms with Crippen molar-refractivity contribution >= 4 is 0 Å². The zero-order valence-corrected chi connectivity index (χ0v) is 13.7. The van der Waals surface area contributed by atoms with Crippen LogP contribution in [0.4, 0.5) is 0 Å². The van der Waals surface area contributed by atoms with Crippen molar-refractivity contribution in [3.05, 3.63) is 59.2 Å². The average molecular weight is 281 g/mol. The molecule has 1 nitrogen and oxygen atoms in total. The van der Waals surface area contributed by atoms with Gasteiger partial charge in [0.25, 0.3) is 0 Å². The van der Waals surface area contributed by atoms with Gasteiger partial charge in [-0.3, -0.25) is 0 Å². The highest BCUT2D eigenvalue weighted by Gasteiger charge is 2.09. The number of benzene rings is 2. The molecule has 0 saturated carbocycles. The Bertz CT molecular complexity index is 569. The van der Waals surface area contributed by atoms with E-state index in [2.05, 4.69) is 75.5 Å². The molecule has 0 aliphatic carbocycles. The van der Waals surface area contributed by atoms with E-state index in [1.165, 1.54) is 34.2 Å². The van der Waals surface area contributed by atoms with E-state index in [1.807, 2.05) is 0 Å². The molecule has 1 unspecified atom stereocenters. The highest BCUT2D eigenvalue weighted by atomic mass is 14.9. The molecule has 2 aromatic carbocycles. The first-order valence-corrected chi connectivity index (χ1v) is 8.06. The molecule has 0 heterocycles. The van der Waals surface area contributed by atoms with Gasteiger partial charge in [0.05, 0.1) is 0 Å². The first-order chi connectivity index (χ1) is 10.2. The van der Waals surface area contributed by atoms with Crippen molar-refractivity contribution in [2.45, 2.75) is 46.6 Å². The molecule has 0 aliphatic heterocycles. The fourth-order valence-corrected chi connectivity index (χ4v) is 2.76. The molecule has 0 fully saturated rings. The summed E-state index contributed by atoms with van der Waals surface area (Å²) in [5.41, 5.74) is 6.70. The molecule has 2 rings (SSSR count). The summed E-state index contributed by atoms with van der Waals surface area (Å²) in [6, 6.07) is 16.2. The van der Waals surface area contributed by atoms with Crippen LogP contribution in [-0.4, -0.2) is 6.54 Å². The Morgan fingerprint density at radius 2 is 1.67 bits per heavy atom. The van der Waals surface area contributed by atoms with Gasteiger partial charge in [-0.25, -0.2) is 0 Å². The largest absolute Gasteiger partial charge is 0.310 e. The summed E-state index contributed by atoms with van der Waals surface area (Å²) in [7, 11) is 0. The minimum atomic E-state index is 0.470. The summed E-state index contributed by atoms with van der Waals surface area (Å²) >= 11 is 0. The molecule has 0 aliphatic rings. The molecule has 2 aromatic rings. The molecular weight excluding hydrogens is 254 g/mol. The highest BCUT2D eigenvalue weighted by molar-refractivity contribution is 5.68. The first kappa shape index (κ1) is 15.8. The Hall–Kier alpha value is -1.60. The lowest BCUT2D eigenvalue weighted by atomic mass is 9.96. The van der Waals surface area contributed by atoms with Gasteiger partial charge in [0.2, 0.25) is 0 Å². The minimum absolute atomic E-state index is 0.470. The second-order valence-electron chi connectivity index (χ2n) is 5.86. The predicted octanol–water partition coefficient (Wildman–Crippen LogP) is 5.42. The fraction of sp³-hybridized carbons (Fsp3) is 0.400. The lowest BCUT2D eigenvalue weighted by molar-refractivity contribution is 0.518. The third-order valence-electron chi connectivity index (χ3n) is 4.07. The lowest BCUT2D eigenvalue weighted by Gasteiger charge is -2.17. The number of aryl methyl sites for hydroxylation is 2. The third kappa shape index (κ3) is 3.95. The minimum Gasteiger partial charge on any atom is -0.310 e. The molecule has 112 valence electrons. The Balaban J connectivity index is 2.23. The summed E-state index contributed by atoms with van der Waals surface area (Å²) in [6.07, 6.45) is 2.31. The summed E-state index contributed by atoms with van der Waals surface area (Å²) in [5, 5.41) is 3.62. The molecule has 1 N–H and O–H groups in total. The van der Waals surface area contributed by atoms with E-state index in [9.17, 15) is 0 Å². The van der Waals surface area contributed by atoms with Crippen LogP contribution in [0.2, 0.25) is 0 Å². The van der Waals surface area contributed by atoms with Crippen LogP contribution in [0.25, 0.3) is 11.1 Å². The summed E-state index contributed by atoms with van der Waals surface area (Å²) < 4.78 is 0. The molecular formula is C20H27N. The third-order valence-corrected chi connectivity index (χ3v) is 4.07. The first-order valence-electron chi connectivity index (χ1n) is 8.06. The van der Waals surface area contributed by atoms with Crippen molar-refractivity contribution in [1.29, 1.82) is 0 Å². The predicted molar refractivity (Wildman–Crippen MR) is 92.7 cm³/mol. The SMILES string of the molecule is CCCNC(CC)c1ccc(-c2cc(C)ccc2C)cc1. The molecule has 0 radical (unpaired) electrons. The number of hydrogen-bond donors (Lipinski definition) is 1. The lowest BCUT2D eigenvalue weighted by Crippen LogP contribution is -2.21. The maximum Gasteiger partial charge on any atom is 0.0317 e. The van der Waals surface area contributed by atoms with Gasteiger partial charge >= 0.3 is 0 Å². The molecule has 0 spiro atoms. The van der Waals surface area contributed by atoms with Gasteiger partial charge in [-0.15, -0.1) is 0 Å². The standard InChI is InChI=1S/C20H27N/c1-5-13-21-20(6-2)18-11-9-17(10-12-18)19-14-15(3)7-8-16(19)4/h7-12,14,20-21H,5-6,13H2,1-4H3. The number of nitrogens with one attached hydrogen (secondary N) is 1. The van der Waals surface area contributed by atoms with Crippen LogP contribution < -0.4 is 5.32 Å². The molecule has 0 aromatic heterocycles. The van der Waals surface area contributed by atoms with Gasteiger partial charge in [0.15, 0.2) is 0 Å². The normalized spacial score (nSPS) is 12.4. The van der Waals surface area contributed by atoms with Crippen LogP contribution in [0.5, 0.6) is 0 Å². The van der Waals surface area contributed by atoms with Crippen molar-refractivity contribution in [3.8, 4) is 11.1 Å². The van der Waals surface area contributed by atoms with Crippen LogP contribution in [0.1, 0.15) is 49.4 Å². The second kappa shape index (κ2) is 7.42. The fourth-order valence-electron chi connectivity index (χ4n) is 2.76. The summed E-state index contributed by atoms with van der Waals surface area (Å²) in [4.78, 5) is 0. The molecule has 0 bridgehead atoms. The Kier molecular flexibility index (Phi) is 5.58. The molecule has 1 heteroatoms. The smallest absolute Gasteiger partial charge is 0.0317 e. The van der Waals surface area contributed by atoms with Gasteiger partial charge < -0.3 is 5.32 Å². The van der Waals surface area contributed by atoms with Crippen molar-refractivity contribution in [3.63, 3.8) is 0 Å². The van der Waals surface area contributed by atoms with Gasteiger partial charge in [0, 0.05) is 6.04 Å². The van der Waals surface area contributed by atoms with Crippen LogP contribution in [0, 0.1) is 13.8 Å². The van der Waals surface area contributed by atoms with E-state index in [0.29, 0.717) is 6.04 Å². The molecule has 1 atom stereocenters. The zero-order valence-electron chi connectivity index (χ0n) is 13.7. The summed E-state index contributed by atoms with van der Waals surface area (Å²) in [5.74, 6) is 0. The maximum atomic E-state index is 3.62. The van der Waals surface area contributed by atoms with Crippen LogP contribution in [-0.2, 0) is 0 Å². The van der Waals surface area contributed by atoms with Crippen LogP contribution in [0.15, 0.2) is 42.5 Å². The Morgan fingerprint density at radius 3 is 2.29 bits per heavy atom. The molecule has 0 saturated heterocycles. The van der Waals surface area contributed by atoms with Crippen LogP contribution in [0.3, 0.4) is 0 Å². The number of hydrogen-bond acceptors (Lipinski definition) is 1. The van der Waals surface area contributed by atoms with E-state index in [4.69, 9.17) is 0 Å².